The van der Waals surface area contributed by atoms with E-state index in [1.165, 1.54) is 0 Å². The van der Waals surface area contributed by atoms with Crippen LogP contribution in [0.25, 0.3) is 0 Å². The second-order valence-corrected chi connectivity index (χ2v) is 5.42. The molecule has 0 saturated heterocycles. The van der Waals surface area contributed by atoms with E-state index >= 15 is 0 Å². The molecule has 2 atom stereocenters. The average Bonchev–Trinajstić information content (AvgIpc) is 2.31. The largest absolute Gasteiger partial charge is 0.497 e. The van der Waals surface area contributed by atoms with Crippen molar-refractivity contribution < 1.29 is 9.84 Å². The highest BCUT2D eigenvalue weighted by Gasteiger charge is 2.12. The standard InChI is InChI=1S/C14H21BrO2/c1-4-10(2)7-12(16)8-11-9-13(17-3)5-6-14(11)15/h5-6,9-10,12,16H,4,7-8H2,1-3H3. The van der Waals surface area contributed by atoms with Crippen molar-refractivity contribution in [2.24, 2.45) is 5.92 Å². The van der Waals surface area contributed by atoms with Crippen molar-refractivity contribution >= 4 is 15.9 Å². The van der Waals surface area contributed by atoms with Gasteiger partial charge in [-0.15, -0.1) is 0 Å². The van der Waals surface area contributed by atoms with Crippen molar-refractivity contribution in [2.75, 3.05) is 7.11 Å². The second kappa shape index (κ2) is 7.02. The van der Waals surface area contributed by atoms with Gasteiger partial charge in [-0.1, -0.05) is 36.2 Å². The summed E-state index contributed by atoms with van der Waals surface area (Å²) in [7, 11) is 1.66. The van der Waals surface area contributed by atoms with Crippen LogP contribution in [0, 0.1) is 5.92 Å². The quantitative estimate of drug-likeness (QED) is 0.866. The minimum absolute atomic E-state index is 0.284. The number of hydrogen-bond donors (Lipinski definition) is 1. The molecule has 0 aliphatic rings. The minimum atomic E-state index is -0.284. The number of aliphatic hydroxyl groups excluding tert-OH is 1. The van der Waals surface area contributed by atoms with Crippen LogP contribution in [0.15, 0.2) is 22.7 Å². The Morgan fingerprint density at radius 2 is 2.12 bits per heavy atom. The fourth-order valence-electron chi connectivity index (χ4n) is 1.80. The van der Waals surface area contributed by atoms with Gasteiger partial charge in [0, 0.05) is 4.47 Å². The Kier molecular flexibility index (Phi) is 6.00. The van der Waals surface area contributed by atoms with Crippen molar-refractivity contribution in [2.45, 2.75) is 39.2 Å². The normalized spacial score (nSPS) is 14.4. The van der Waals surface area contributed by atoms with Gasteiger partial charge in [-0.25, -0.2) is 0 Å². The molecule has 0 amide bonds. The van der Waals surface area contributed by atoms with Gasteiger partial charge in [-0.2, -0.15) is 0 Å². The summed E-state index contributed by atoms with van der Waals surface area (Å²) in [6, 6.07) is 5.85. The zero-order chi connectivity index (χ0) is 12.8. The predicted octanol–water partition coefficient (Wildman–Crippen LogP) is 3.80. The van der Waals surface area contributed by atoms with Gasteiger partial charge in [-0.05, 0) is 42.5 Å². The molecule has 2 nitrogen and oxygen atoms in total. The molecule has 0 radical (unpaired) electrons. The third-order valence-electron chi connectivity index (χ3n) is 3.08. The minimum Gasteiger partial charge on any atom is -0.497 e. The summed E-state index contributed by atoms with van der Waals surface area (Å²) >= 11 is 3.50. The molecule has 0 aliphatic carbocycles. The summed E-state index contributed by atoms with van der Waals surface area (Å²) in [6.45, 7) is 4.32. The smallest absolute Gasteiger partial charge is 0.119 e. The van der Waals surface area contributed by atoms with Gasteiger partial charge >= 0.3 is 0 Å². The van der Waals surface area contributed by atoms with E-state index in [1.54, 1.807) is 7.11 Å². The summed E-state index contributed by atoms with van der Waals surface area (Å²) in [4.78, 5) is 0. The molecule has 1 aromatic carbocycles. The highest BCUT2D eigenvalue weighted by Crippen LogP contribution is 2.25. The van der Waals surface area contributed by atoms with E-state index in [9.17, 15) is 5.11 Å². The van der Waals surface area contributed by atoms with E-state index in [0.717, 1.165) is 28.6 Å². The molecule has 1 aromatic rings. The van der Waals surface area contributed by atoms with Gasteiger partial charge < -0.3 is 9.84 Å². The number of rotatable bonds is 6. The van der Waals surface area contributed by atoms with Crippen LogP contribution in [-0.2, 0) is 6.42 Å². The van der Waals surface area contributed by atoms with Crippen LogP contribution < -0.4 is 4.74 Å². The summed E-state index contributed by atoms with van der Waals surface area (Å²) in [5.74, 6) is 1.40. The topological polar surface area (TPSA) is 29.5 Å². The lowest BCUT2D eigenvalue weighted by atomic mass is 9.97. The second-order valence-electron chi connectivity index (χ2n) is 4.56. The van der Waals surface area contributed by atoms with E-state index in [-0.39, 0.29) is 6.10 Å². The van der Waals surface area contributed by atoms with Crippen LogP contribution in [0.1, 0.15) is 32.3 Å². The molecule has 0 fully saturated rings. The molecule has 1 N–H and O–H groups in total. The van der Waals surface area contributed by atoms with E-state index < -0.39 is 0 Å². The first-order valence-electron chi connectivity index (χ1n) is 6.07. The molecule has 2 unspecified atom stereocenters. The van der Waals surface area contributed by atoms with Crippen LogP contribution in [0.2, 0.25) is 0 Å². The first-order valence-corrected chi connectivity index (χ1v) is 6.86. The zero-order valence-electron chi connectivity index (χ0n) is 10.7. The van der Waals surface area contributed by atoms with Gasteiger partial charge in [0.2, 0.25) is 0 Å². The van der Waals surface area contributed by atoms with Crippen molar-refractivity contribution in [1.29, 1.82) is 0 Å². The Morgan fingerprint density at radius 3 is 2.71 bits per heavy atom. The van der Waals surface area contributed by atoms with Crippen LogP contribution in [0.4, 0.5) is 0 Å². The van der Waals surface area contributed by atoms with E-state index in [4.69, 9.17) is 4.74 Å². The maximum Gasteiger partial charge on any atom is 0.119 e. The van der Waals surface area contributed by atoms with Crippen LogP contribution in [0.3, 0.4) is 0 Å². The number of ether oxygens (including phenoxy) is 1. The summed E-state index contributed by atoms with van der Waals surface area (Å²) in [5.41, 5.74) is 1.10. The average molecular weight is 301 g/mol. The summed E-state index contributed by atoms with van der Waals surface area (Å²) in [6.07, 6.45) is 2.34. The predicted molar refractivity (Wildman–Crippen MR) is 74.5 cm³/mol. The Morgan fingerprint density at radius 1 is 1.41 bits per heavy atom. The maximum absolute atomic E-state index is 10.0. The molecule has 0 bridgehead atoms. The van der Waals surface area contributed by atoms with E-state index in [2.05, 4.69) is 29.8 Å². The van der Waals surface area contributed by atoms with Gasteiger partial charge in [-0.3, -0.25) is 0 Å². The third-order valence-corrected chi connectivity index (χ3v) is 3.85. The highest BCUT2D eigenvalue weighted by molar-refractivity contribution is 9.10. The fourth-order valence-corrected chi connectivity index (χ4v) is 2.21. The van der Waals surface area contributed by atoms with Gasteiger partial charge in [0.05, 0.1) is 13.2 Å². The SMILES string of the molecule is CCC(C)CC(O)Cc1cc(OC)ccc1Br. The number of benzene rings is 1. The van der Waals surface area contributed by atoms with Crippen molar-refractivity contribution in [3.05, 3.63) is 28.2 Å². The van der Waals surface area contributed by atoms with Crippen LogP contribution in [0.5, 0.6) is 5.75 Å². The Bertz CT molecular complexity index is 352. The lowest BCUT2D eigenvalue weighted by Crippen LogP contribution is -2.14. The lowest BCUT2D eigenvalue weighted by molar-refractivity contribution is 0.144. The molecular formula is C14H21BrO2. The molecular weight excluding hydrogens is 280 g/mol. The molecule has 17 heavy (non-hydrogen) atoms. The zero-order valence-corrected chi connectivity index (χ0v) is 12.3. The van der Waals surface area contributed by atoms with Gasteiger partial charge in [0.15, 0.2) is 0 Å². The molecule has 0 saturated carbocycles. The van der Waals surface area contributed by atoms with Crippen LogP contribution >= 0.6 is 15.9 Å². The first kappa shape index (κ1) is 14.5. The molecule has 0 heterocycles. The fraction of sp³-hybridized carbons (Fsp3) is 0.571. The highest BCUT2D eigenvalue weighted by atomic mass is 79.9. The van der Waals surface area contributed by atoms with Gasteiger partial charge in [0.25, 0.3) is 0 Å². The number of halogens is 1. The summed E-state index contributed by atoms with van der Waals surface area (Å²) < 4.78 is 6.22. The van der Waals surface area contributed by atoms with Gasteiger partial charge in [0.1, 0.15) is 5.75 Å². The first-order chi connectivity index (χ1) is 8.06. The Labute approximate surface area is 112 Å². The molecule has 1 rings (SSSR count). The van der Waals surface area contributed by atoms with E-state index in [0.29, 0.717) is 12.3 Å². The molecule has 0 spiro atoms. The third kappa shape index (κ3) is 4.68. The van der Waals surface area contributed by atoms with Crippen molar-refractivity contribution in [1.82, 2.24) is 0 Å². The Hall–Kier alpha value is -0.540. The molecule has 0 aromatic heterocycles. The molecule has 0 aliphatic heterocycles. The monoisotopic (exact) mass is 300 g/mol. The van der Waals surface area contributed by atoms with Crippen molar-refractivity contribution in [3.63, 3.8) is 0 Å². The van der Waals surface area contributed by atoms with Crippen LogP contribution in [-0.4, -0.2) is 18.3 Å². The van der Waals surface area contributed by atoms with E-state index in [1.807, 2.05) is 18.2 Å². The van der Waals surface area contributed by atoms with Crippen molar-refractivity contribution in [3.8, 4) is 5.75 Å². The number of hydrogen-bond acceptors (Lipinski definition) is 2. The lowest BCUT2D eigenvalue weighted by Gasteiger charge is -2.16. The number of methoxy groups -OCH3 is 1. The maximum atomic E-state index is 10.0. The number of aliphatic hydroxyl groups is 1. The molecule has 96 valence electrons. The summed E-state index contributed by atoms with van der Waals surface area (Å²) in [5, 5.41) is 10.0. The Balaban J connectivity index is 2.66. The molecule has 3 heteroatoms.